The molecule has 0 spiro atoms. The van der Waals surface area contributed by atoms with Gasteiger partial charge in [0.1, 0.15) is 12.1 Å². The Kier molecular flexibility index (Phi) is 2.54. The number of nitrogens with zero attached hydrogens (tertiary/aromatic N) is 1. The normalized spacial score (nSPS) is 50.1. The number of hydrogen-bond donors (Lipinski definition) is 1. The number of nitrogens with two attached hydrogens (primary N) is 1. The average molecular weight is 440 g/mol. The zero-order valence-electron chi connectivity index (χ0n) is 37.9. The maximum Gasteiger partial charge on any atom is 0.323 e. The van der Waals surface area contributed by atoms with E-state index in [9.17, 15) is 13.0 Å². The van der Waals surface area contributed by atoms with Crippen LogP contribution in [-0.2, 0) is 15.9 Å². The van der Waals surface area contributed by atoms with Gasteiger partial charge in [0.05, 0.1) is 22.4 Å². The molecule has 3 rings (SSSR count). The van der Waals surface area contributed by atoms with E-state index in [1.807, 2.05) is 0 Å². The number of rotatable bonds is 7. The highest BCUT2D eigenvalue weighted by Crippen LogP contribution is 2.44. The highest BCUT2D eigenvalue weighted by atomic mass is 16.5. The Labute approximate surface area is 210 Å². The molecule has 2 aliphatic rings. The lowest BCUT2D eigenvalue weighted by Crippen LogP contribution is -2.51. The summed E-state index contributed by atoms with van der Waals surface area (Å²) in [5, 5.41) is 0. The molecule has 0 aromatic heterocycles. The van der Waals surface area contributed by atoms with Gasteiger partial charge in [0, 0.05) is 51.9 Å². The van der Waals surface area contributed by atoms with Crippen molar-refractivity contribution >= 4 is 5.97 Å². The van der Waals surface area contributed by atoms with Crippen molar-refractivity contribution in [2.24, 2.45) is 23.4 Å². The lowest BCUT2D eigenvalue weighted by Gasteiger charge is -2.47. The minimum absolute atomic E-state index is 0.376. The van der Waals surface area contributed by atoms with Crippen LogP contribution in [0, 0.1) is 17.7 Å². The Morgan fingerprint density at radius 2 is 2.23 bits per heavy atom. The molecule has 2 aliphatic heterocycles. The largest absolute Gasteiger partial charge is 0.493 e. The van der Waals surface area contributed by atoms with Crippen LogP contribution in [0.1, 0.15) is 86.3 Å². The van der Waals surface area contributed by atoms with E-state index >= 15 is 0 Å². The Morgan fingerprint density at radius 3 is 2.90 bits per heavy atom. The highest BCUT2D eigenvalue weighted by Gasteiger charge is 2.41. The third kappa shape index (κ3) is 4.75. The maximum atomic E-state index is 13.4. The summed E-state index contributed by atoms with van der Waals surface area (Å²) in [4.78, 5) is 13.0. The predicted octanol–water partition coefficient (Wildman–Crippen LogP) is 3.56. The SMILES string of the molecule is [2H]c1c(OC)c(OC([2H])([2H])[2H])c([2H])c2c1C1N(C([2H])([2H])C2([2H])[2H])C([2H])([2H])C([2H])(C([2H])([2H])C([2H])(C)C([2H])([2H])[2H])C([2H])(OC(=O)[C@@H](N)C(C)C)C1([2H])[2H]. The number of methoxy groups -OCH3 is 2. The summed E-state index contributed by atoms with van der Waals surface area (Å²) in [5.41, 5.74) is 3.41. The Morgan fingerprint density at radius 1 is 1.47 bits per heavy atom. The molecule has 0 saturated carbocycles. The van der Waals surface area contributed by atoms with Gasteiger partial charge in [-0.3, -0.25) is 9.69 Å². The number of carbonyl (C=O) groups excluding carboxylic acids is 1. The van der Waals surface area contributed by atoms with E-state index in [2.05, 4.69) is 0 Å². The number of benzene rings is 1. The average Bonchev–Trinajstić information content (AvgIpc) is 2.93. The van der Waals surface area contributed by atoms with E-state index < -0.39 is 123 Å². The summed E-state index contributed by atoms with van der Waals surface area (Å²) in [7, 11) is -2.54. The zero-order valence-corrected chi connectivity index (χ0v) is 16.9. The number of hydrogen-bond acceptors (Lipinski definition) is 6. The van der Waals surface area contributed by atoms with Crippen molar-refractivity contribution in [3.63, 3.8) is 0 Å². The molecule has 1 aromatic rings. The molecule has 0 aliphatic carbocycles. The van der Waals surface area contributed by atoms with Crippen molar-refractivity contribution in [3.8, 4) is 11.5 Å². The van der Waals surface area contributed by atoms with Gasteiger partial charge in [0.25, 0.3) is 0 Å². The van der Waals surface area contributed by atoms with E-state index in [1.165, 1.54) is 13.8 Å². The van der Waals surface area contributed by atoms with Crippen molar-refractivity contribution in [1.29, 1.82) is 0 Å². The van der Waals surface area contributed by atoms with Crippen LogP contribution >= 0.6 is 0 Å². The molecule has 6 heteroatoms. The van der Waals surface area contributed by atoms with Gasteiger partial charge in [0.15, 0.2) is 11.5 Å². The molecule has 1 aromatic carbocycles. The topological polar surface area (TPSA) is 74.0 Å². The molecular weight excluding hydrogens is 380 g/mol. The summed E-state index contributed by atoms with van der Waals surface area (Å²) in [6, 6.07) is -7.24. The first-order valence-corrected chi connectivity index (χ1v) is 9.03. The van der Waals surface area contributed by atoms with Crippen LogP contribution < -0.4 is 15.2 Å². The molecule has 0 amide bonds. The fourth-order valence-electron chi connectivity index (χ4n) is 2.70. The molecule has 2 heterocycles. The van der Waals surface area contributed by atoms with E-state index in [-0.39, 0.29) is 4.90 Å². The van der Waals surface area contributed by atoms with Crippen LogP contribution in [-0.4, -0.2) is 50.1 Å². The molecule has 6 nitrogen and oxygen atoms in total. The van der Waals surface area contributed by atoms with Crippen molar-refractivity contribution in [2.45, 2.75) is 64.9 Å². The van der Waals surface area contributed by atoms with Crippen LogP contribution in [0.25, 0.3) is 0 Å². The van der Waals surface area contributed by atoms with E-state index in [1.54, 1.807) is 0 Å². The van der Waals surface area contributed by atoms with Gasteiger partial charge in [-0.15, -0.1) is 0 Å². The molecule has 30 heavy (non-hydrogen) atoms. The fraction of sp³-hybridized carbons (Fsp3) is 0.708. The molecule has 1 saturated heterocycles. The third-order valence-corrected chi connectivity index (χ3v) is 4.33. The molecule has 5 atom stereocenters. The summed E-state index contributed by atoms with van der Waals surface area (Å²) in [5.74, 6) is -12.9. The summed E-state index contributed by atoms with van der Waals surface area (Å²) in [6.07, 6.45) is -16.7. The van der Waals surface area contributed by atoms with E-state index in [0.717, 1.165) is 7.11 Å². The molecule has 1 fully saturated rings. The number of fused-ring (bicyclic) bond motifs is 3. The van der Waals surface area contributed by atoms with Gasteiger partial charge >= 0.3 is 5.97 Å². The number of esters is 1. The van der Waals surface area contributed by atoms with Crippen molar-refractivity contribution < 1.29 is 47.8 Å². The molecule has 0 bridgehead atoms. The van der Waals surface area contributed by atoms with Gasteiger partial charge in [-0.1, -0.05) is 27.6 Å². The first-order valence-electron chi connectivity index (χ1n) is 19.5. The minimum atomic E-state index is -4.55. The minimum Gasteiger partial charge on any atom is -0.493 e. The first-order chi connectivity index (χ1) is 22.3. The molecule has 2 N–H and O–H groups in total. The fourth-order valence-corrected chi connectivity index (χ4v) is 2.70. The van der Waals surface area contributed by atoms with E-state index in [4.69, 9.17) is 40.5 Å². The third-order valence-electron chi connectivity index (χ3n) is 4.33. The highest BCUT2D eigenvalue weighted by molar-refractivity contribution is 5.76. The number of ether oxygens (including phenoxy) is 3. The lowest BCUT2D eigenvalue weighted by atomic mass is 9.79. The predicted molar refractivity (Wildman–Crippen MR) is 118 cm³/mol. The van der Waals surface area contributed by atoms with Crippen molar-refractivity contribution in [3.05, 3.63) is 23.2 Å². The number of piperidine rings is 1. The van der Waals surface area contributed by atoms with Crippen molar-refractivity contribution in [1.82, 2.24) is 4.90 Å². The summed E-state index contributed by atoms with van der Waals surface area (Å²) in [6.45, 7) is -9.12. The monoisotopic (exact) mass is 439 g/mol. The molecule has 168 valence electrons. The maximum absolute atomic E-state index is 13.4. The summed E-state index contributed by atoms with van der Waals surface area (Å²) >= 11 is 0. The Balaban J connectivity index is 2.73. The van der Waals surface area contributed by atoms with Gasteiger partial charge < -0.3 is 19.9 Å². The molecular formula is C24H38N2O4. The second kappa shape index (κ2) is 9.56. The standard InChI is InChI=1S/C24H38N2O4/c1-14(2)9-17-13-26-8-7-16-10-21(28-5)22(29-6)11-18(16)19(26)12-20(17)30-24(27)23(25)15(3)4/h10-11,14-15,17,19-20,23H,7-9,12-13,25H2,1-6H3/t17?,19?,20?,23-/m0/s1/i1D3,5D3,7D2,8D2,9D2,10D,11D,12D2,13D2,14D,17D,20D/t14?,17?,19?,20?,23-. The van der Waals surface area contributed by atoms with Gasteiger partial charge in [-0.2, -0.15) is 0 Å². The van der Waals surface area contributed by atoms with Crippen LogP contribution in [0.2, 0.25) is 0 Å². The smallest absolute Gasteiger partial charge is 0.323 e. The van der Waals surface area contributed by atoms with Gasteiger partial charge in [-0.25, -0.2) is 0 Å². The van der Waals surface area contributed by atoms with Crippen LogP contribution in [0.4, 0.5) is 0 Å². The van der Waals surface area contributed by atoms with Gasteiger partial charge in [0.2, 0.25) is 0 Å². The summed E-state index contributed by atoms with van der Waals surface area (Å²) < 4.78 is 197. The van der Waals surface area contributed by atoms with Crippen LogP contribution in [0.3, 0.4) is 0 Å². The van der Waals surface area contributed by atoms with Gasteiger partial charge in [-0.05, 0) is 47.8 Å². The molecule has 0 radical (unpaired) electrons. The lowest BCUT2D eigenvalue weighted by molar-refractivity contribution is -0.160. The quantitative estimate of drug-likeness (QED) is 0.655. The van der Waals surface area contributed by atoms with Crippen LogP contribution in [0.5, 0.6) is 11.5 Å². The van der Waals surface area contributed by atoms with Crippen molar-refractivity contribution in [2.75, 3.05) is 27.1 Å². The second-order valence-corrected chi connectivity index (χ2v) is 6.91. The Hall–Kier alpha value is -1.79. The Bertz CT molecular complexity index is 1580. The second-order valence-electron chi connectivity index (χ2n) is 6.91. The molecule has 4 unspecified atom stereocenters. The van der Waals surface area contributed by atoms with E-state index in [0.29, 0.717) is 6.92 Å². The zero-order chi connectivity index (χ0) is 40.5. The first kappa shape index (κ1) is 7.96. The number of carbonyl (C=O) groups is 1. The van der Waals surface area contributed by atoms with Crippen LogP contribution in [0.15, 0.2) is 12.1 Å².